The third-order valence-electron chi connectivity index (χ3n) is 1.27. The van der Waals surface area contributed by atoms with Gasteiger partial charge in [-0.15, -0.1) is 0 Å². The van der Waals surface area contributed by atoms with Crippen molar-refractivity contribution >= 4 is 19.4 Å². The number of ether oxygens (including phenoxy) is 1. The van der Waals surface area contributed by atoms with Gasteiger partial charge in [0.2, 0.25) is 0 Å². The summed E-state index contributed by atoms with van der Waals surface area (Å²) < 4.78 is 4.65. The average molecular weight is 155 g/mol. The first kappa shape index (κ1) is 10.4. The number of hydrogen-bond donors (Lipinski definition) is 1. The quantitative estimate of drug-likeness (QED) is 0.440. The second-order valence-corrected chi connectivity index (χ2v) is 2.75. The summed E-state index contributed by atoms with van der Waals surface area (Å²) in [7, 11) is 5.19. The molecule has 0 heterocycles. The van der Waals surface area contributed by atoms with Gasteiger partial charge in [-0.1, -0.05) is 0 Å². The number of hydrogen-bond acceptors (Lipinski definition) is 3. The SMILES string of the molecule is [B]=CC(C)(C)C(=O)OCCO. The zero-order valence-electron chi connectivity index (χ0n) is 6.83. The monoisotopic (exact) mass is 155 g/mol. The fourth-order valence-electron chi connectivity index (χ4n) is 0.392. The van der Waals surface area contributed by atoms with Gasteiger partial charge >= 0.3 is 66.5 Å². The van der Waals surface area contributed by atoms with Crippen molar-refractivity contribution in [3.8, 4) is 0 Å². The molecule has 0 spiro atoms. The number of rotatable bonds is 4. The minimum absolute atomic E-state index is 0.0239. The molecular weight excluding hydrogens is 143 g/mol. The number of carbonyl (C=O) groups is 1. The summed E-state index contributed by atoms with van der Waals surface area (Å²) >= 11 is 0. The number of esters is 1. The van der Waals surface area contributed by atoms with Gasteiger partial charge in [0, 0.05) is 0 Å². The van der Waals surface area contributed by atoms with E-state index in [4.69, 9.17) is 12.6 Å². The van der Waals surface area contributed by atoms with Crippen LogP contribution in [0.15, 0.2) is 0 Å². The Bertz CT molecular complexity index is 154. The maximum atomic E-state index is 11.0. The molecule has 0 aromatic carbocycles. The molecule has 0 aliphatic heterocycles. The second-order valence-electron chi connectivity index (χ2n) is 2.75. The minimum atomic E-state index is -0.769. The number of carbonyl (C=O) groups excluding carboxylic acids is 1. The van der Waals surface area contributed by atoms with Crippen LogP contribution in [0.4, 0.5) is 0 Å². The van der Waals surface area contributed by atoms with Crippen LogP contribution in [0, 0.1) is 5.41 Å². The van der Waals surface area contributed by atoms with Crippen LogP contribution in [0.1, 0.15) is 13.8 Å². The molecule has 4 heteroatoms. The molecule has 0 aliphatic rings. The molecule has 0 saturated carbocycles. The van der Waals surface area contributed by atoms with E-state index in [1.807, 2.05) is 0 Å². The molecule has 0 rings (SSSR count). The van der Waals surface area contributed by atoms with E-state index in [1.54, 1.807) is 13.8 Å². The Morgan fingerprint density at radius 2 is 2.27 bits per heavy atom. The van der Waals surface area contributed by atoms with Gasteiger partial charge in [-0.05, 0) is 0 Å². The summed E-state index contributed by atoms with van der Waals surface area (Å²) in [6.45, 7) is 3.15. The topological polar surface area (TPSA) is 46.5 Å². The van der Waals surface area contributed by atoms with Crippen LogP contribution >= 0.6 is 0 Å². The zero-order valence-corrected chi connectivity index (χ0v) is 6.83. The van der Waals surface area contributed by atoms with Crippen molar-refractivity contribution in [1.82, 2.24) is 0 Å². The molecule has 3 nitrogen and oxygen atoms in total. The molecule has 0 unspecified atom stereocenters. The molecule has 0 amide bonds. The van der Waals surface area contributed by atoms with Crippen molar-refractivity contribution in [3.63, 3.8) is 0 Å². The van der Waals surface area contributed by atoms with Gasteiger partial charge in [-0.25, -0.2) is 0 Å². The average Bonchev–Trinajstić information content (AvgIpc) is 2.00. The Morgan fingerprint density at radius 3 is 2.64 bits per heavy atom. The summed E-state index contributed by atoms with van der Waals surface area (Å²) in [6, 6.07) is 0. The molecule has 0 bridgehead atoms. The molecule has 0 aliphatic carbocycles. The van der Waals surface area contributed by atoms with E-state index in [1.165, 1.54) is 5.97 Å². The van der Waals surface area contributed by atoms with Crippen molar-refractivity contribution in [2.24, 2.45) is 5.41 Å². The van der Waals surface area contributed by atoms with E-state index in [2.05, 4.69) is 4.74 Å². The predicted octanol–water partition coefficient (Wildman–Crippen LogP) is -0.481. The van der Waals surface area contributed by atoms with Crippen LogP contribution in [-0.4, -0.2) is 37.7 Å². The Hall–Kier alpha value is -0.635. The Balaban J connectivity index is 3.91. The van der Waals surface area contributed by atoms with Crippen molar-refractivity contribution in [1.29, 1.82) is 0 Å². The molecule has 11 heavy (non-hydrogen) atoms. The molecule has 0 fully saturated rings. The number of aliphatic hydroxyl groups is 1. The first-order valence-electron chi connectivity index (χ1n) is 3.39. The van der Waals surface area contributed by atoms with Gasteiger partial charge in [0.1, 0.15) is 0 Å². The summed E-state index contributed by atoms with van der Waals surface area (Å²) in [6.07, 6.45) is 0. The zero-order chi connectivity index (χ0) is 8.91. The van der Waals surface area contributed by atoms with Crippen molar-refractivity contribution in [2.75, 3.05) is 13.2 Å². The van der Waals surface area contributed by atoms with E-state index >= 15 is 0 Å². The molecule has 1 N–H and O–H groups in total. The van der Waals surface area contributed by atoms with Gasteiger partial charge in [0.25, 0.3) is 0 Å². The molecule has 0 saturated heterocycles. The van der Waals surface area contributed by atoms with Gasteiger partial charge in [0.15, 0.2) is 0 Å². The Labute approximate surface area is 67.4 Å². The first-order chi connectivity index (χ1) is 5.04. The van der Waals surface area contributed by atoms with Gasteiger partial charge in [-0.3, -0.25) is 0 Å². The third-order valence-corrected chi connectivity index (χ3v) is 1.27. The summed E-state index contributed by atoms with van der Waals surface area (Å²) in [5, 5.41) is 8.33. The standard InChI is InChI=1S/C7H12BO3/c1-7(2,5-8)6(10)11-4-3-9/h5,9H,3-4H2,1-2H3. The van der Waals surface area contributed by atoms with Crippen LogP contribution in [-0.2, 0) is 9.53 Å². The van der Waals surface area contributed by atoms with Crippen LogP contribution in [0.5, 0.6) is 0 Å². The molecule has 1 radical (unpaired) electrons. The van der Waals surface area contributed by atoms with Crippen molar-refractivity contribution in [2.45, 2.75) is 13.8 Å². The molecular formula is C7H12BO3. The van der Waals surface area contributed by atoms with Gasteiger partial charge in [0.05, 0.1) is 0 Å². The fraction of sp³-hybridized carbons (Fsp3) is 0.714. The van der Waals surface area contributed by atoms with Crippen LogP contribution in [0.2, 0.25) is 0 Å². The molecule has 61 valence electrons. The van der Waals surface area contributed by atoms with E-state index in [0.717, 1.165) is 0 Å². The van der Waals surface area contributed by atoms with E-state index < -0.39 is 11.4 Å². The van der Waals surface area contributed by atoms with Gasteiger partial charge < -0.3 is 0 Å². The predicted molar refractivity (Wildman–Crippen MR) is 43.6 cm³/mol. The molecule has 0 aromatic rings. The van der Waals surface area contributed by atoms with Gasteiger partial charge in [-0.2, -0.15) is 0 Å². The molecule has 0 aromatic heterocycles. The summed E-state index contributed by atoms with van der Waals surface area (Å²) in [4.78, 5) is 11.0. The first-order valence-corrected chi connectivity index (χ1v) is 3.39. The Morgan fingerprint density at radius 1 is 1.73 bits per heavy atom. The van der Waals surface area contributed by atoms with Crippen molar-refractivity contribution < 1.29 is 14.6 Å². The maximum absolute atomic E-state index is 11.0. The van der Waals surface area contributed by atoms with Crippen LogP contribution in [0.3, 0.4) is 0 Å². The van der Waals surface area contributed by atoms with Crippen LogP contribution < -0.4 is 0 Å². The van der Waals surface area contributed by atoms with E-state index in [9.17, 15) is 4.79 Å². The fourth-order valence-corrected chi connectivity index (χ4v) is 0.392. The van der Waals surface area contributed by atoms with E-state index in [0.29, 0.717) is 0 Å². The Kier molecular flexibility index (Phi) is 4.04. The molecule has 0 atom stereocenters. The van der Waals surface area contributed by atoms with E-state index in [-0.39, 0.29) is 13.2 Å². The number of aliphatic hydroxyl groups excluding tert-OH is 1. The second kappa shape index (κ2) is 4.29. The van der Waals surface area contributed by atoms with Crippen molar-refractivity contribution in [3.05, 3.63) is 0 Å². The normalized spacial score (nSPS) is 10.7. The summed E-state index contributed by atoms with van der Waals surface area (Å²) in [5.41, 5.74) is -0.769. The summed E-state index contributed by atoms with van der Waals surface area (Å²) in [5.74, 6) is 0.848. The third kappa shape index (κ3) is 3.32. The van der Waals surface area contributed by atoms with Crippen LogP contribution in [0.25, 0.3) is 0 Å².